The van der Waals surface area contributed by atoms with Gasteiger partial charge in [-0.1, -0.05) is 55.5 Å². The van der Waals surface area contributed by atoms with Crippen LogP contribution in [0, 0.1) is 0 Å². The summed E-state index contributed by atoms with van der Waals surface area (Å²) in [7, 11) is 0. The molecule has 10 heteroatoms. The molecule has 2 amide bonds. The van der Waals surface area contributed by atoms with Crippen molar-refractivity contribution in [1.82, 2.24) is 10.6 Å². The number of aliphatic carboxylic acids is 1. The van der Waals surface area contributed by atoms with Gasteiger partial charge in [0.15, 0.2) is 0 Å². The number of rotatable bonds is 8. The second-order valence-electron chi connectivity index (χ2n) is 8.25. The summed E-state index contributed by atoms with van der Waals surface area (Å²) in [4.78, 5) is 35.8. The van der Waals surface area contributed by atoms with E-state index in [0.29, 0.717) is 6.92 Å². The predicted octanol–water partition coefficient (Wildman–Crippen LogP) is 4.22. The van der Waals surface area contributed by atoms with E-state index in [1.165, 1.54) is 6.92 Å². The van der Waals surface area contributed by atoms with E-state index in [0.717, 1.165) is 22.3 Å². The third-order valence-electron chi connectivity index (χ3n) is 5.97. The number of halogens is 3. The van der Waals surface area contributed by atoms with Gasteiger partial charge in [-0.15, -0.1) is 0 Å². The number of carbonyl (C=O) groups is 3. The molecule has 2 aromatic carbocycles. The zero-order valence-corrected chi connectivity index (χ0v) is 18.6. The van der Waals surface area contributed by atoms with Crippen molar-refractivity contribution in [2.75, 3.05) is 6.61 Å². The molecule has 0 heterocycles. The second kappa shape index (κ2) is 9.74. The molecule has 1 unspecified atom stereocenters. The van der Waals surface area contributed by atoms with Crippen molar-refractivity contribution in [3.63, 3.8) is 0 Å². The van der Waals surface area contributed by atoms with Crippen LogP contribution in [0.1, 0.15) is 43.7 Å². The molecule has 3 rings (SSSR count). The van der Waals surface area contributed by atoms with E-state index in [9.17, 15) is 27.6 Å². The van der Waals surface area contributed by atoms with Crippen LogP contribution >= 0.6 is 0 Å². The summed E-state index contributed by atoms with van der Waals surface area (Å²) >= 11 is 0. The van der Waals surface area contributed by atoms with Crippen LogP contribution in [0.4, 0.5) is 18.0 Å². The number of carbonyl (C=O) groups excluding carboxylic acids is 2. The van der Waals surface area contributed by atoms with Crippen LogP contribution in [-0.4, -0.2) is 47.4 Å². The van der Waals surface area contributed by atoms with E-state index in [4.69, 9.17) is 9.84 Å². The molecule has 1 aliphatic carbocycles. The molecule has 0 saturated carbocycles. The van der Waals surface area contributed by atoms with Crippen LogP contribution in [0.2, 0.25) is 0 Å². The molecule has 0 saturated heterocycles. The SMILES string of the molecule is CC[C@@H](CC(=O)O)NC(=O)C(C)(NC(=O)OCC1c2ccccc2-c2ccccc21)C(F)(F)F. The lowest BCUT2D eigenvalue weighted by Crippen LogP contribution is -2.66. The lowest BCUT2D eigenvalue weighted by atomic mass is 9.98. The number of carboxylic acids is 1. The van der Waals surface area contributed by atoms with Crippen LogP contribution in [-0.2, 0) is 14.3 Å². The molecule has 34 heavy (non-hydrogen) atoms. The molecule has 0 fully saturated rings. The van der Waals surface area contributed by atoms with Crippen LogP contribution in [0.5, 0.6) is 0 Å². The first-order valence-electron chi connectivity index (χ1n) is 10.7. The Balaban J connectivity index is 1.74. The van der Waals surface area contributed by atoms with Gasteiger partial charge in [0.05, 0.1) is 6.42 Å². The number of benzene rings is 2. The molecule has 1 aliphatic rings. The number of hydrogen-bond donors (Lipinski definition) is 3. The average Bonchev–Trinajstić information content (AvgIpc) is 3.09. The van der Waals surface area contributed by atoms with Gasteiger partial charge in [0.2, 0.25) is 5.54 Å². The van der Waals surface area contributed by atoms with Gasteiger partial charge >= 0.3 is 18.2 Å². The number of fused-ring (bicyclic) bond motifs is 3. The van der Waals surface area contributed by atoms with E-state index >= 15 is 0 Å². The molecule has 2 atom stereocenters. The lowest BCUT2D eigenvalue weighted by molar-refractivity contribution is -0.194. The quantitative estimate of drug-likeness (QED) is 0.527. The normalized spacial score (nSPS) is 15.4. The first kappa shape index (κ1) is 25.1. The van der Waals surface area contributed by atoms with Crippen molar-refractivity contribution < 1.29 is 37.4 Å². The van der Waals surface area contributed by atoms with Gasteiger partial charge < -0.3 is 15.2 Å². The molecular formula is C24H25F3N2O5. The van der Waals surface area contributed by atoms with Crippen molar-refractivity contribution in [2.24, 2.45) is 0 Å². The van der Waals surface area contributed by atoms with Crippen LogP contribution in [0.15, 0.2) is 48.5 Å². The third kappa shape index (κ3) is 5.00. The van der Waals surface area contributed by atoms with Gasteiger partial charge in [-0.25, -0.2) is 4.79 Å². The van der Waals surface area contributed by atoms with E-state index < -0.39 is 42.1 Å². The average molecular weight is 478 g/mol. The summed E-state index contributed by atoms with van der Waals surface area (Å²) in [6, 6.07) is 13.9. The Morgan fingerprint density at radius 2 is 1.56 bits per heavy atom. The number of nitrogens with one attached hydrogen (secondary N) is 2. The highest BCUT2D eigenvalue weighted by Crippen LogP contribution is 2.44. The number of carboxylic acid groups (broad SMARTS) is 1. The summed E-state index contributed by atoms with van der Waals surface area (Å²) in [5, 5.41) is 12.6. The standard InChI is InChI=1S/C24H25F3N2O5/c1-3-14(12-20(30)31)28-21(32)23(2,24(25,26)27)29-22(33)34-13-19-17-10-6-4-8-15(17)16-9-5-7-11-18(16)19/h4-11,14,19H,3,12-13H2,1-2H3,(H,28,32)(H,29,33)(H,30,31)/t14-,23?/m0/s1. The maximum Gasteiger partial charge on any atom is 0.420 e. The van der Waals surface area contributed by atoms with Gasteiger partial charge in [-0.2, -0.15) is 13.2 Å². The van der Waals surface area contributed by atoms with E-state index in [-0.39, 0.29) is 18.9 Å². The monoisotopic (exact) mass is 478 g/mol. The van der Waals surface area contributed by atoms with Crippen LogP contribution in [0.3, 0.4) is 0 Å². The van der Waals surface area contributed by atoms with Gasteiger partial charge in [-0.05, 0) is 35.6 Å². The molecule has 0 spiro atoms. The maximum absolute atomic E-state index is 13.8. The summed E-state index contributed by atoms with van der Waals surface area (Å²) in [6.07, 6.45) is -7.04. The summed E-state index contributed by atoms with van der Waals surface area (Å²) in [6.45, 7) is 1.81. The summed E-state index contributed by atoms with van der Waals surface area (Å²) < 4.78 is 46.6. The second-order valence-corrected chi connectivity index (χ2v) is 8.25. The zero-order valence-electron chi connectivity index (χ0n) is 18.6. The molecule has 0 aromatic heterocycles. The fourth-order valence-electron chi connectivity index (χ4n) is 3.93. The van der Waals surface area contributed by atoms with Gasteiger partial charge in [0.1, 0.15) is 6.61 Å². The molecule has 3 N–H and O–H groups in total. The Kier molecular flexibility index (Phi) is 7.18. The Labute approximate surface area is 194 Å². The number of ether oxygens (including phenoxy) is 1. The highest BCUT2D eigenvalue weighted by molar-refractivity contribution is 5.91. The Bertz CT molecular complexity index is 1040. The molecule has 0 radical (unpaired) electrons. The fraction of sp³-hybridized carbons (Fsp3) is 0.375. The summed E-state index contributed by atoms with van der Waals surface area (Å²) in [5.74, 6) is -3.21. The smallest absolute Gasteiger partial charge is 0.420 e. The zero-order chi connectivity index (χ0) is 25.1. The summed E-state index contributed by atoms with van der Waals surface area (Å²) in [5.41, 5.74) is 0.354. The van der Waals surface area contributed by atoms with Crippen molar-refractivity contribution in [1.29, 1.82) is 0 Å². The Morgan fingerprint density at radius 1 is 1.03 bits per heavy atom. The number of amides is 2. The van der Waals surface area contributed by atoms with Crippen molar-refractivity contribution in [3.05, 3.63) is 59.7 Å². The Morgan fingerprint density at radius 3 is 2.03 bits per heavy atom. The maximum atomic E-state index is 13.8. The third-order valence-corrected chi connectivity index (χ3v) is 5.97. The molecule has 0 aliphatic heterocycles. The van der Waals surface area contributed by atoms with E-state index in [2.05, 4.69) is 5.32 Å². The van der Waals surface area contributed by atoms with Gasteiger partial charge in [0, 0.05) is 12.0 Å². The minimum absolute atomic E-state index is 0.0942. The minimum Gasteiger partial charge on any atom is -0.481 e. The van der Waals surface area contributed by atoms with Gasteiger partial charge in [-0.3, -0.25) is 14.9 Å². The van der Waals surface area contributed by atoms with E-state index in [1.807, 2.05) is 48.5 Å². The number of alkyl carbamates (subject to hydrolysis) is 1. The highest BCUT2D eigenvalue weighted by Gasteiger charge is 2.58. The van der Waals surface area contributed by atoms with Crippen LogP contribution < -0.4 is 10.6 Å². The minimum atomic E-state index is -5.16. The van der Waals surface area contributed by atoms with Crippen molar-refractivity contribution in [3.8, 4) is 11.1 Å². The molecule has 0 bridgehead atoms. The molecular weight excluding hydrogens is 453 g/mol. The molecule has 182 valence electrons. The van der Waals surface area contributed by atoms with E-state index in [1.54, 1.807) is 5.32 Å². The largest absolute Gasteiger partial charge is 0.481 e. The topological polar surface area (TPSA) is 105 Å². The first-order chi connectivity index (χ1) is 16.0. The molecule has 2 aromatic rings. The Hall–Kier alpha value is -3.56. The predicted molar refractivity (Wildman–Crippen MR) is 117 cm³/mol. The lowest BCUT2D eigenvalue weighted by Gasteiger charge is -2.32. The number of hydrogen-bond acceptors (Lipinski definition) is 4. The van der Waals surface area contributed by atoms with Crippen LogP contribution in [0.25, 0.3) is 11.1 Å². The first-order valence-corrected chi connectivity index (χ1v) is 10.7. The highest BCUT2D eigenvalue weighted by atomic mass is 19.4. The number of alkyl halides is 3. The molecule has 7 nitrogen and oxygen atoms in total. The fourth-order valence-corrected chi connectivity index (χ4v) is 3.93. The van der Waals surface area contributed by atoms with Gasteiger partial charge in [0.25, 0.3) is 5.91 Å². The van der Waals surface area contributed by atoms with Crippen molar-refractivity contribution in [2.45, 2.75) is 50.4 Å². The van der Waals surface area contributed by atoms with Crippen molar-refractivity contribution >= 4 is 18.0 Å².